The number of nitrogens with two attached hydrogens (primary N) is 1. The van der Waals surface area contributed by atoms with Gasteiger partial charge in [0.2, 0.25) is 10.0 Å². The molecule has 0 saturated carbocycles. The SMILES string of the molecule is Cc1cc(C(N)=S)ccc1S(=O)(=O)N1CCC(C)(O)C1. The Hall–Kier alpha value is -1.02. The molecule has 0 amide bonds. The predicted molar refractivity (Wildman–Crippen MR) is 81.1 cm³/mol. The Bertz CT molecular complexity index is 654. The van der Waals surface area contributed by atoms with Gasteiger partial charge >= 0.3 is 0 Å². The summed E-state index contributed by atoms with van der Waals surface area (Å²) in [6.07, 6.45) is 0.441. The zero-order valence-corrected chi connectivity index (χ0v) is 13.1. The maximum absolute atomic E-state index is 12.6. The number of hydrogen-bond donors (Lipinski definition) is 2. The second-order valence-corrected chi connectivity index (χ2v) is 7.78. The van der Waals surface area contributed by atoms with Gasteiger partial charge in [-0.2, -0.15) is 4.31 Å². The average molecular weight is 314 g/mol. The Kier molecular flexibility index (Phi) is 3.90. The van der Waals surface area contributed by atoms with Crippen LogP contribution in [0.25, 0.3) is 0 Å². The lowest BCUT2D eigenvalue weighted by molar-refractivity contribution is 0.0762. The van der Waals surface area contributed by atoms with Gasteiger partial charge in [0.05, 0.1) is 10.5 Å². The molecule has 1 aromatic carbocycles. The fraction of sp³-hybridized carbons (Fsp3) is 0.462. The molecule has 0 aromatic heterocycles. The molecule has 1 fully saturated rings. The number of sulfonamides is 1. The van der Waals surface area contributed by atoms with E-state index in [2.05, 4.69) is 0 Å². The Labute approximate surface area is 124 Å². The minimum Gasteiger partial charge on any atom is -0.389 e. The number of hydrogen-bond acceptors (Lipinski definition) is 4. The van der Waals surface area contributed by atoms with Crippen LogP contribution in [-0.2, 0) is 10.0 Å². The van der Waals surface area contributed by atoms with E-state index in [-0.39, 0.29) is 16.4 Å². The standard InChI is InChI=1S/C13H18N2O3S2/c1-9-7-10(12(14)19)3-4-11(9)20(17,18)15-6-5-13(2,16)8-15/h3-4,7,16H,5-6,8H2,1-2H3,(H2,14,19). The zero-order chi connectivity index (χ0) is 15.1. The van der Waals surface area contributed by atoms with Crippen LogP contribution in [0.3, 0.4) is 0 Å². The second kappa shape index (κ2) is 5.07. The normalized spacial score (nSPS) is 23.9. The van der Waals surface area contributed by atoms with Crippen LogP contribution in [0.1, 0.15) is 24.5 Å². The van der Waals surface area contributed by atoms with Crippen molar-refractivity contribution in [3.05, 3.63) is 29.3 Å². The molecule has 0 spiro atoms. The molecular weight excluding hydrogens is 296 g/mol. The van der Waals surface area contributed by atoms with Crippen LogP contribution in [0.15, 0.2) is 23.1 Å². The first kappa shape index (κ1) is 15.4. The fourth-order valence-corrected chi connectivity index (χ4v) is 4.23. The lowest BCUT2D eigenvalue weighted by Crippen LogP contribution is -2.34. The van der Waals surface area contributed by atoms with Crippen molar-refractivity contribution in [2.24, 2.45) is 5.73 Å². The molecule has 1 saturated heterocycles. The summed E-state index contributed by atoms with van der Waals surface area (Å²) in [6.45, 7) is 3.80. The zero-order valence-electron chi connectivity index (χ0n) is 11.5. The Morgan fingerprint density at radius 2 is 2.15 bits per heavy atom. The Morgan fingerprint density at radius 1 is 1.50 bits per heavy atom. The number of β-amino-alcohol motifs (C(OH)–C–C–N with tert-alkyl or cyclic N) is 1. The van der Waals surface area contributed by atoms with Gasteiger partial charge in [-0.3, -0.25) is 0 Å². The summed E-state index contributed by atoms with van der Waals surface area (Å²) >= 11 is 4.88. The highest BCUT2D eigenvalue weighted by atomic mass is 32.2. The van der Waals surface area contributed by atoms with Gasteiger partial charge in [0, 0.05) is 18.7 Å². The molecular formula is C13H18N2O3S2. The Balaban J connectivity index is 2.38. The highest BCUT2D eigenvalue weighted by Crippen LogP contribution is 2.28. The summed E-state index contributed by atoms with van der Waals surface area (Å²) < 4.78 is 26.5. The second-order valence-electron chi connectivity index (χ2n) is 5.43. The van der Waals surface area contributed by atoms with Gasteiger partial charge in [-0.15, -0.1) is 0 Å². The largest absolute Gasteiger partial charge is 0.389 e. The van der Waals surface area contributed by atoms with Crippen LogP contribution in [0.4, 0.5) is 0 Å². The van der Waals surface area contributed by atoms with E-state index in [0.717, 1.165) is 0 Å². The van der Waals surface area contributed by atoms with Crippen LogP contribution >= 0.6 is 12.2 Å². The van der Waals surface area contributed by atoms with Gasteiger partial charge in [0.15, 0.2) is 0 Å². The topological polar surface area (TPSA) is 83.6 Å². The van der Waals surface area contributed by atoms with Crippen LogP contribution in [0.2, 0.25) is 0 Å². The van der Waals surface area contributed by atoms with Crippen molar-refractivity contribution < 1.29 is 13.5 Å². The molecule has 2 rings (SSSR count). The van der Waals surface area contributed by atoms with Gasteiger partial charge in [0.1, 0.15) is 4.99 Å². The van der Waals surface area contributed by atoms with E-state index >= 15 is 0 Å². The van der Waals surface area contributed by atoms with Gasteiger partial charge < -0.3 is 10.8 Å². The molecule has 5 nitrogen and oxygen atoms in total. The summed E-state index contributed by atoms with van der Waals surface area (Å²) in [5.74, 6) is 0. The van der Waals surface area contributed by atoms with Crippen molar-refractivity contribution >= 4 is 27.2 Å². The highest BCUT2D eigenvalue weighted by Gasteiger charge is 2.38. The summed E-state index contributed by atoms with van der Waals surface area (Å²) in [5, 5.41) is 9.92. The molecule has 1 aromatic rings. The summed E-state index contributed by atoms with van der Waals surface area (Å²) in [6, 6.07) is 4.80. The van der Waals surface area contributed by atoms with Gasteiger partial charge in [0.25, 0.3) is 0 Å². The van der Waals surface area contributed by atoms with Crippen molar-refractivity contribution in [2.75, 3.05) is 13.1 Å². The first-order chi connectivity index (χ1) is 9.13. The van der Waals surface area contributed by atoms with Gasteiger partial charge in [-0.1, -0.05) is 18.3 Å². The van der Waals surface area contributed by atoms with Crippen LogP contribution in [0, 0.1) is 6.92 Å². The molecule has 0 bridgehead atoms. The monoisotopic (exact) mass is 314 g/mol. The summed E-state index contributed by atoms with van der Waals surface area (Å²) in [4.78, 5) is 0.469. The molecule has 1 atom stereocenters. The third kappa shape index (κ3) is 2.85. The van der Waals surface area contributed by atoms with Crippen molar-refractivity contribution in [1.29, 1.82) is 0 Å². The van der Waals surface area contributed by atoms with E-state index in [4.69, 9.17) is 18.0 Å². The molecule has 1 unspecified atom stereocenters. The lowest BCUT2D eigenvalue weighted by atomic mass is 10.1. The maximum Gasteiger partial charge on any atom is 0.243 e. The minimum absolute atomic E-state index is 0.117. The quantitative estimate of drug-likeness (QED) is 0.805. The smallest absolute Gasteiger partial charge is 0.243 e. The molecule has 110 valence electrons. The fourth-order valence-electron chi connectivity index (χ4n) is 2.34. The van der Waals surface area contributed by atoms with E-state index < -0.39 is 15.6 Å². The lowest BCUT2D eigenvalue weighted by Gasteiger charge is -2.20. The van der Waals surface area contributed by atoms with Crippen molar-refractivity contribution in [3.63, 3.8) is 0 Å². The van der Waals surface area contributed by atoms with Crippen molar-refractivity contribution in [3.8, 4) is 0 Å². The highest BCUT2D eigenvalue weighted by molar-refractivity contribution is 7.89. The number of benzene rings is 1. The number of rotatable bonds is 3. The van der Waals surface area contributed by atoms with E-state index in [1.54, 1.807) is 26.0 Å². The molecule has 3 N–H and O–H groups in total. The first-order valence-electron chi connectivity index (χ1n) is 6.26. The van der Waals surface area contributed by atoms with Crippen LogP contribution in [0.5, 0.6) is 0 Å². The van der Waals surface area contributed by atoms with E-state index in [0.29, 0.717) is 24.1 Å². The van der Waals surface area contributed by atoms with Gasteiger partial charge in [-0.05, 0) is 38.0 Å². The molecule has 0 aliphatic carbocycles. The number of aliphatic hydroxyl groups is 1. The summed E-state index contributed by atoms with van der Waals surface area (Å²) in [7, 11) is -3.59. The predicted octanol–water partition coefficient (Wildman–Crippen LogP) is 0.775. The molecule has 7 heteroatoms. The molecule has 1 aliphatic rings. The third-order valence-electron chi connectivity index (χ3n) is 3.49. The Morgan fingerprint density at radius 3 is 2.60 bits per heavy atom. The minimum atomic E-state index is -3.59. The first-order valence-corrected chi connectivity index (χ1v) is 8.11. The van der Waals surface area contributed by atoms with Crippen LogP contribution < -0.4 is 5.73 Å². The molecule has 20 heavy (non-hydrogen) atoms. The molecule has 1 heterocycles. The van der Waals surface area contributed by atoms with Gasteiger partial charge in [-0.25, -0.2) is 8.42 Å². The van der Waals surface area contributed by atoms with E-state index in [1.165, 1.54) is 10.4 Å². The molecule has 1 aliphatic heterocycles. The number of nitrogens with zero attached hydrogens (tertiary/aromatic N) is 1. The van der Waals surface area contributed by atoms with Crippen LogP contribution in [-0.4, -0.2) is 41.5 Å². The third-order valence-corrected chi connectivity index (χ3v) is 5.74. The maximum atomic E-state index is 12.6. The van der Waals surface area contributed by atoms with E-state index in [9.17, 15) is 13.5 Å². The summed E-state index contributed by atoms with van der Waals surface area (Å²) in [5.41, 5.74) is 5.82. The number of thiocarbonyl (C=S) groups is 1. The number of aryl methyl sites for hydroxylation is 1. The van der Waals surface area contributed by atoms with Crippen molar-refractivity contribution in [1.82, 2.24) is 4.31 Å². The average Bonchev–Trinajstić information content (AvgIpc) is 2.69. The van der Waals surface area contributed by atoms with Crippen molar-refractivity contribution in [2.45, 2.75) is 30.8 Å². The molecule has 0 radical (unpaired) electrons. The van der Waals surface area contributed by atoms with E-state index in [1.807, 2.05) is 0 Å².